The van der Waals surface area contributed by atoms with E-state index in [1.807, 2.05) is 0 Å². The zero-order valence-electron chi connectivity index (χ0n) is 8.74. The van der Waals surface area contributed by atoms with E-state index in [0.29, 0.717) is 5.69 Å². The number of rotatable bonds is 4. The summed E-state index contributed by atoms with van der Waals surface area (Å²) in [6.07, 6.45) is -2.76. The fraction of sp³-hybridized carbons (Fsp3) is 0.571. The average Bonchev–Trinajstić information content (AvgIpc) is 2.38. The maximum atomic E-state index is 11.9. The van der Waals surface area contributed by atoms with Gasteiger partial charge in [0.1, 0.15) is 4.90 Å². The van der Waals surface area contributed by atoms with E-state index in [-0.39, 0.29) is 10.7 Å². The number of aryl methyl sites for hydroxylation is 1. The predicted molar refractivity (Wildman–Crippen MR) is 53.5 cm³/mol. The molecule has 0 aliphatic carbocycles. The van der Waals surface area contributed by atoms with Gasteiger partial charge in [0, 0.05) is 7.05 Å². The molecule has 0 aromatic carbocycles. The molecule has 1 heterocycles. The van der Waals surface area contributed by atoms with E-state index in [2.05, 4.69) is 5.10 Å². The summed E-state index contributed by atoms with van der Waals surface area (Å²) in [7, 11) is -2.52. The molecule has 0 saturated heterocycles. The van der Waals surface area contributed by atoms with Crippen molar-refractivity contribution < 1.29 is 17.2 Å². The van der Waals surface area contributed by atoms with Crippen LogP contribution in [0.3, 0.4) is 0 Å². The number of anilines is 1. The standard InChI is InChI=1S/C7H12F2N4O2S/c1-4-6(7(10)12-13(4)2)16(14,15)11-3-5(8)9/h5,11H,3H2,1-2H3,(H2,10,12). The molecule has 3 N–H and O–H groups in total. The lowest BCUT2D eigenvalue weighted by Gasteiger charge is -2.05. The first-order valence-electron chi connectivity index (χ1n) is 4.32. The van der Waals surface area contributed by atoms with Crippen LogP contribution < -0.4 is 10.5 Å². The van der Waals surface area contributed by atoms with E-state index in [1.165, 1.54) is 18.7 Å². The lowest BCUT2D eigenvalue weighted by atomic mass is 10.5. The molecule has 1 aromatic rings. The van der Waals surface area contributed by atoms with Crippen LogP contribution in [0.25, 0.3) is 0 Å². The maximum Gasteiger partial charge on any atom is 0.251 e. The quantitative estimate of drug-likeness (QED) is 0.782. The molecule has 0 fully saturated rings. The van der Waals surface area contributed by atoms with Gasteiger partial charge in [-0.25, -0.2) is 21.9 Å². The fourth-order valence-electron chi connectivity index (χ4n) is 1.19. The molecular formula is C7H12F2N4O2S. The summed E-state index contributed by atoms with van der Waals surface area (Å²) in [5.74, 6) is -0.207. The second kappa shape index (κ2) is 4.34. The Labute approximate surface area is 91.5 Å². The third kappa shape index (κ3) is 2.47. The largest absolute Gasteiger partial charge is 0.381 e. The van der Waals surface area contributed by atoms with Crippen molar-refractivity contribution in [3.05, 3.63) is 5.69 Å². The summed E-state index contributed by atoms with van der Waals surface area (Å²) in [6, 6.07) is 0. The molecule has 0 bridgehead atoms. The third-order valence-electron chi connectivity index (χ3n) is 2.00. The number of sulfonamides is 1. The van der Waals surface area contributed by atoms with Crippen molar-refractivity contribution in [1.29, 1.82) is 0 Å². The Morgan fingerprint density at radius 3 is 2.50 bits per heavy atom. The number of alkyl halides is 2. The van der Waals surface area contributed by atoms with Gasteiger partial charge in [-0.3, -0.25) is 4.68 Å². The number of hydrogen-bond donors (Lipinski definition) is 2. The average molecular weight is 254 g/mol. The van der Waals surface area contributed by atoms with Crippen molar-refractivity contribution in [3.8, 4) is 0 Å². The molecule has 1 rings (SSSR count). The molecule has 0 unspecified atom stereocenters. The van der Waals surface area contributed by atoms with E-state index in [0.717, 1.165) is 0 Å². The highest BCUT2D eigenvalue weighted by molar-refractivity contribution is 7.89. The van der Waals surface area contributed by atoms with E-state index in [1.54, 1.807) is 4.72 Å². The first-order valence-corrected chi connectivity index (χ1v) is 5.81. The van der Waals surface area contributed by atoms with Gasteiger partial charge < -0.3 is 5.73 Å². The number of halogens is 2. The van der Waals surface area contributed by atoms with Crippen LogP contribution in [-0.4, -0.2) is 31.2 Å². The van der Waals surface area contributed by atoms with Gasteiger partial charge in [-0.05, 0) is 6.92 Å². The van der Waals surface area contributed by atoms with E-state index in [9.17, 15) is 17.2 Å². The van der Waals surface area contributed by atoms with Crippen molar-refractivity contribution in [2.45, 2.75) is 18.2 Å². The van der Waals surface area contributed by atoms with Crippen LogP contribution in [0.5, 0.6) is 0 Å². The van der Waals surface area contributed by atoms with Crippen LogP contribution in [0.1, 0.15) is 5.69 Å². The first kappa shape index (κ1) is 12.8. The van der Waals surface area contributed by atoms with Gasteiger partial charge in [0.2, 0.25) is 10.0 Å². The summed E-state index contributed by atoms with van der Waals surface area (Å²) in [6.45, 7) is 0.538. The van der Waals surface area contributed by atoms with Gasteiger partial charge in [0.25, 0.3) is 6.43 Å². The summed E-state index contributed by atoms with van der Waals surface area (Å²) < 4.78 is 50.1. The van der Waals surface area contributed by atoms with Gasteiger partial charge in [0.05, 0.1) is 12.2 Å². The van der Waals surface area contributed by atoms with Crippen LogP contribution in [0.4, 0.5) is 14.6 Å². The number of nitrogens with two attached hydrogens (primary N) is 1. The minimum absolute atomic E-state index is 0.207. The maximum absolute atomic E-state index is 11.9. The topological polar surface area (TPSA) is 90.0 Å². The van der Waals surface area contributed by atoms with Gasteiger partial charge in [-0.15, -0.1) is 0 Å². The van der Waals surface area contributed by atoms with E-state index >= 15 is 0 Å². The van der Waals surface area contributed by atoms with Crippen LogP contribution in [-0.2, 0) is 17.1 Å². The number of aromatic nitrogens is 2. The molecule has 0 aliphatic rings. The van der Waals surface area contributed by atoms with Crippen molar-refractivity contribution in [2.24, 2.45) is 7.05 Å². The zero-order valence-corrected chi connectivity index (χ0v) is 9.55. The summed E-state index contributed by atoms with van der Waals surface area (Å²) in [5, 5.41) is 3.69. The Kier molecular flexibility index (Phi) is 3.48. The number of nitrogens with one attached hydrogen (secondary N) is 1. The van der Waals surface area contributed by atoms with Gasteiger partial charge in [-0.2, -0.15) is 5.10 Å². The Morgan fingerprint density at radius 1 is 1.56 bits per heavy atom. The van der Waals surface area contributed by atoms with Crippen LogP contribution in [0, 0.1) is 6.92 Å². The van der Waals surface area contributed by atoms with Crippen molar-refractivity contribution in [1.82, 2.24) is 14.5 Å². The molecule has 1 aromatic heterocycles. The van der Waals surface area contributed by atoms with E-state index < -0.39 is 23.0 Å². The van der Waals surface area contributed by atoms with Crippen LogP contribution in [0.2, 0.25) is 0 Å². The summed E-state index contributed by atoms with van der Waals surface area (Å²) in [4.78, 5) is -0.254. The molecule has 0 amide bonds. The molecule has 9 heteroatoms. The Hall–Kier alpha value is -1.22. The minimum Gasteiger partial charge on any atom is -0.381 e. The molecule has 92 valence electrons. The normalized spacial score (nSPS) is 12.3. The Balaban J connectivity index is 3.08. The minimum atomic E-state index is -4.03. The van der Waals surface area contributed by atoms with Gasteiger partial charge in [-0.1, -0.05) is 0 Å². The summed E-state index contributed by atoms with van der Waals surface area (Å²) >= 11 is 0. The Bertz CT molecular complexity index is 483. The molecule has 0 spiro atoms. The Morgan fingerprint density at radius 2 is 2.12 bits per heavy atom. The number of hydrogen-bond acceptors (Lipinski definition) is 4. The van der Waals surface area contributed by atoms with Crippen molar-refractivity contribution in [3.63, 3.8) is 0 Å². The molecule has 16 heavy (non-hydrogen) atoms. The second-order valence-electron chi connectivity index (χ2n) is 3.17. The second-order valence-corrected chi connectivity index (χ2v) is 4.87. The lowest BCUT2D eigenvalue weighted by molar-refractivity contribution is 0.153. The summed E-state index contributed by atoms with van der Waals surface area (Å²) in [5.41, 5.74) is 5.69. The lowest BCUT2D eigenvalue weighted by Crippen LogP contribution is -2.29. The van der Waals surface area contributed by atoms with Crippen molar-refractivity contribution >= 4 is 15.8 Å². The molecule has 0 saturated carbocycles. The molecule has 0 atom stereocenters. The molecular weight excluding hydrogens is 242 g/mol. The monoisotopic (exact) mass is 254 g/mol. The van der Waals surface area contributed by atoms with Crippen LogP contribution >= 0.6 is 0 Å². The molecule has 0 radical (unpaired) electrons. The van der Waals surface area contributed by atoms with Gasteiger partial charge in [0.15, 0.2) is 5.82 Å². The SMILES string of the molecule is Cc1c(S(=O)(=O)NCC(F)F)c(N)nn1C. The zero-order chi connectivity index (χ0) is 12.5. The smallest absolute Gasteiger partial charge is 0.251 e. The van der Waals surface area contributed by atoms with Crippen LogP contribution in [0.15, 0.2) is 4.90 Å². The third-order valence-corrected chi connectivity index (χ3v) is 3.59. The highest BCUT2D eigenvalue weighted by Crippen LogP contribution is 2.20. The van der Waals surface area contributed by atoms with E-state index in [4.69, 9.17) is 5.73 Å². The number of nitrogen functional groups attached to an aromatic ring is 1. The predicted octanol–water partition coefficient (Wildman–Crippen LogP) is -0.146. The first-order chi connectivity index (χ1) is 7.25. The molecule has 0 aliphatic heterocycles. The highest BCUT2D eigenvalue weighted by atomic mass is 32.2. The highest BCUT2D eigenvalue weighted by Gasteiger charge is 2.25. The number of nitrogens with zero attached hydrogens (tertiary/aromatic N) is 2. The molecule has 6 nitrogen and oxygen atoms in total. The fourth-order valence-corrected chi connectivity index (χ4v) is 2.52. The van der Waals surface area contributed by atoms with Gasteiger partial charge >= 0.3 is 0 Å². The van der Waals surface area contributed by atoms with Crippen molar-refractivity contribution in [2.75, 3.05) is 12.3 Å².